The Kier molecular flexibility index (Phi) is 4.26. The van der Waals surface area contributed by atoms with Gasteiger partial charge in [0.2, 0.25) is 0 Å². The first-order valence-corrected chi connectivity index (χ1v) is 8.47. The molecule has 21 heavy (non-hydrogen) atoms. The molecule has 2 saturated heterocycles. The maximum atomic E-state index is 11.4. The van der Waals surface area contributed by atoms with Gasteiger partial charge in [-0.2, -0.15) is 0 Å². The second-order valence-electron chi connectivity index (χ2n) is 7.36. The average molecular weight is 295 g/mol. The number of likely N-dealkylation sites (N-methyl/N-ethyl adjacent to an activating group) is 1. The maximum absolute atomic E-state index is 11.4. The lowest BCUT2D eigenvalue weighted by Gasteiger charge is -2.30. The van der Waals surface area contributed by atoms with Crippen molar-refractivity contribution in [1.29, 1.82) is 0 Å². The van der Waals surface area contributed by atoms with Crippen molar-refractivity contribution in [3.63, 3.8) is 0 Å². The van der Waals surface area contributed by atoms with Crippen molar-refractivity contribution in [3.05, 3.63) is 0 Å². The van der Waals surface area contributed by atoms with Crippen LogP contribution >= 0.6 is 0 Å². The van der Waals surface area contributed by atoms with Crippen LogP contribution in [0, 0.1) is 5.92 Å². The largest absolute Gasteiger partial charge is 0.480 e. The zero-order valence-electron chi connectivity index (χ0n) is 13.1. The van der Waals surface area contributed by atoms with Gasteiger partial charge < -0.3 is 15.7 Å². The van der Waals surface area contributed by atoms with Crippen molar-refractivity contribution in [3.8, 4) is 0 Å². The SMILES string of the molecule is CN1C2CCC1CN(CCC1CCCC1(N)C(=O)O)CC2. The quantitative estimate of drug-likeness (QED) is 0.813. The first kappa shape index (κ1) is 15.3. The number of likely N-dealkylation sites (tertiary alicyclic amines) is 1. The molecular weight excluding hydrogens is 266 g/mol. The highest BCUT2D eigenvalue weighted by atomic mass is 16.4. The Hall–Kier alpha value is -0.650. The summed E-state index contributed by atoms with van der Waals surface area (Å²) in [6.45, 7) is 3.31. The molecule has 3 N–H and O–H groups in total. The molecule has 0 aromatic rings. The maximum Gasteiger partial charge on any atom is 0.323 e. The van der Waals surface area contributed by atoms with E-state index < -0.39 is 11.5 Å². The molecule has 3 fully saturated rings. The van der Waals surface area contributed by atoms with Crippen molar-refractivity contribution in [1.82, 2.24) is 9.80 Å². The zero-order valence-corrected chi connectivity index (χ0v) is 13.1. The normalized spacial score (nSPS) is 41.3. The van der Waals surface area contributed by atoms with Crippen LogP contribution < -0.4 is 5.73 Å². The lowest BCUT2D eigenvalue weighted by Crippen LogP contribution is -2.51. The highest BCUT2D eigenvalue weighted by Crippen LogP contribution is 2.37. The fraction of sp³-hybridized carbons (Fsp3) is 0.938. The van der Waals surface area contributed by atoms with Crippen LogP contribution in [-0.2, 0) is 4.79 Å². The Morgan fingerprint density at radius 3 is 2.81 bits per heavy atom. The van der Waals surface area contributed by atoms with Crippen LogP contribution in [0.25, 0.3) is 0 Å². The summed E-state index contributed by atoms with van der Waals surface area (Å²) in [5.74, 6) is -0.659. The number of aliphatic carboxylic acids is 1. The fourth-order valence-corrected chi connectivity index (χ4v) is 4.71. The molecule has 0 aromatic carbocycles. The average Bonchev–Trinajstić information content (AvgIpc) is 2.91. The molecule has 5 heteroatoms. The van der Waals surface area contributed by atoms with E-state index in [9.17, 15) is 9.90 Å². The summed E-state index contributed by atoms with van der Waals surface area (Å²) in [6, 6.07) is 1.46. The predicted octanol–water partition coefficient (Wildman–Crippen LogP) is 1.13. The monoisotopic (exact) mass is 295 g/mol. The van der Waals surface area contributed by atoms with Crippen LogP contribution in [0.15, 0.2) is 0 Å². The van der Waals surface area contributed by atoms with Gasteiger partial charge in [-0.25, -0.2) is 0 Å². The molecule has 120 valence electrons. The number of carboxylic acids is 1. The van der Waals surface area contributed by atoms with Gasteiger partial charge >= 0.3 is 5.97 Å². The summed E-state index contributed by atoms with van der Waals surface area (Å²) < 4.78 is 0. The van der Waals surface area contributed by atoms with Gasteiger partial charge in [0.1, 0.15) is 5.54 Å². The van der Waals surface area contributed by atoms with E-state index >= 15 is 0 Å². The highest BCUT2D eigenvalue weighted by molar-refractivity contribution is 5.79. The minimum atomic E-state index is -0.971. The Morgan fingerprint density at radius 1 is 1.29 bits per heavy atom. The fourth-order valence-electron chi connectivity index (χ4n) is 4.71. The summed E-state index contributed by atoms with van der Waals surface area (Å²) in [5.41, 5.74) is 5.18. The minimum absolute atomic E-state index is 0.146. The molecular formula is C16H29N3O2. The summed E-state index contributed by atoms with van der Waals surface area (Å²) >= 11 is 0. The molecule has 3 aliphatic rings. The second kappa shape index (κ2) is 5.86. The summed E-state index contributed by atoms with van der Waals surface area (Å²) in [5, 5.41) is 9.40. The highest BCUT2D eigenvalue weighted by Gasteiger charge is 2.45. The van der Waals surface area contributed by atoms with E-state index in [1.54, 1.807) is 0 Å². The molecule has 2 aliphatic heterocycles. The molecule has 2 heterocycles. The van der Waals surface area contributed by atoms with E-state index in [-0.39, 0.29) is 5.92 Å². The first-order chi connectivity index (χ1) is 10.0. The molecule has 0 aromatic heterocycles. The number of rotatable bonds is 4. The second-order valence-corrected chi connectivity index (χ2v) is 7.36. The standard InChI is InChI=1S/C16H29N3O2/c1-18-13-4-5-14(18)11-19(10-7-13)9-6-12-3-2-8-16(12,17)15(20)21/h12-14H,2-11,17H2,1H3,(H,20,21). The van der Waals surface area contributed by atoms with E-state index in [2.05, 4.69) is 16.8 Å². The molecule has 3 rings (SSSR count). The minimum Gasteiger partial charge on any atom is -0.480 e. The molecule has 1 saturated carbocycles. The van der Waals surface area contributed by atoms with Gasteiger partial charge in [0, 0.05) is 18.6 Å². The van der Waals surface area contributed by atoms with Gasteiger partial charge in [-0.15, -0.1) is 0 Å². The van der Waals surface area contributed by atoms with Gasteiger partial charge in [0.25, 0.3) is 0 Å². The molecule has 1 aliphatic carbocycles. The predicted molar refractivity (Wildman–Crippen MR) is 82.1 cm³/mol. The molecule has 0 spiro atoms. The topological polar surface area (TPSA) is 69.8 Å². The van der Waals surface area contributed by atoms with Gasteiger partial charge in [-0.3, -0.25) is 9.69 Å². The van der Waals surface area contributed by atoms with Crippen molar-refractivity contribution in [2.24, 2.45) is 11.7 Å². The van der Waals surface area contributed by atoms with E-state index in [0.717, 1.165) is 44.9 Å². The number of carbonyl (C=O) groups is 1. The Balaban J connectivity index is 1.55. The Bertz CT molecular complexity index is 403. The number of nitrogens with two attached hydrogens (primary N) is 1. The van der Waals surface area contributed by atoms with Gasteiger partial charge in [0.15, 0.2) is 0 Å². The van der Waals surface area contributed by atoms with Crippen LogP contribution in [0.1, 0.15) is 44.9 Å². The molecule has 2 bridgehead atoms. The smallest absolute Gasteiger partial charge is 0.323 e. The van der Waals surface area contributed by atoms with Crippen LogP contribution in [-0.4, -0.2) is 65.2 Å². The number of hydrogen-bond donors (Lipinski definition) is 2. The van der Waals surface area contributed by atoms with E-state index in [1.807, 2.05) is 0 Å². The van der Waals surface area contributed by atoms with Crippen molar-refractivity contribution in [2.45, 2.75) is 62.6 Å². The van der Waals surface area contributed by atoms with Crippen molar-refractivity contribution >= 4 is 5.97 Å². The van der Waals surface area contributed by atoms with E-state index in [0.29, 0.717) is 12.5 Å². The van der Waals surface area contributed by atoms with Crippen LogP contribution in [0.5, 0.6) is 0 Å². The molecule has 5 nitrogen and oxygen atoms in total. The molecule has 4 atom stereocenters. The van der Waals surface area contributed by atoms with E-state index in [4.69, 9.17) is 5.73 Å². The first-order valence-electron chi connectivity index (χ1n) is 8.47. The van der Waals surface area contributed by atoms with Gasteiger partial charge in [-0.1, -0.05) is 6.42 Å². The summed E-state index contributed by atoms with van der Waals surface area (Å²) in [6.07, 6.45) is 7.43. The summed E-state index contributed by atoms with van der Waals surface area (Å²) in [4.78, 5) is 16.5. The van der Waals surface area contributed by atoms with Crippen molar-refractivity contribution < 1.29 is 9.90 Å². The van der Waals surface area contributed by atoms with E-state index in [1.165, 1.54) is 19.3 Å². The van der Waals surface area contributed by atoms with Crippen LogP contribution in [0.3, 0.4) is 0 Å². The molecule has 0 amide bonds. The van der Waals surface area contributed by atoms with Crippen LogP contribution in [0.2, 0.25) is 0 Å². The van der Waals surface area contributed by atoms with Crippen LogP contribution in [0.4, 0.5) is 0 Å². The number of fused-ring (bicyclic) bond motifs is 2. The molecule has 4 unspecified atom stereocenters. The third kappa shape index (κ3) is 2.83. The van der Waals surface area contributed by atoms with Crippen molar-refractivity contribution in [2.75, 3.05) is 26.7 Å². The Morgan fingerprint density at radius 2 is 2.05 bits per heavy atom. The molecule has 0 radical (unpaired) electrons. The lowest BCUT2D eigenvalue weighted by atomic mass is 9.85. The number of carboxylic acid groups (broad SMARTS) is 1. The number of hydrogen-bond acceptors (Lipinski definition) is 4. The zero-order chi connectivity index (χ0) is 15.0. The Labute approximate surface area is 127 Å². The van der Waals surface area contributed by atoms with Gasteiger partial charge in [-0.05, 0) is 64.6 Å². The van der Waals surface area contributed by atoms with Gasteiger partial charge in [0.05, 0.1) is 0 Å². The number of nitrogens with zero attached hydrogens (tertiary/aromatic N) is 2. The third-order valence-corrected chi connectivity index (χ3v) is 6.30. The summed E-state index contributed by atoms with van der Waals surface area (Å²) in [7, 11) is 2.26. The lowest BCUT2D eigenvalue weighted by molar-refractivity contribution is -0.144. The third-order valence-electron chi connectivity index (χ3n) is 6.30.